The van der Waals surface area contributed by atoms with Gasteiger partial charge >= 0.3 is 12.1 Å². The van der Waals surface area contributed by atoms with Gasteiger partial charge in [0.2, 0.25) is 0 Å². The van der Waals surface area contributed by atoms with Gasteiger partial charge in [-0.3, -0.25) is 9.79 Å². The van der Waals surface area contributed by atoms with Gasteiger partial charge in [0.25, 0.3) is 5.91 Å². The van der Waals surface area contributed by atoms with Crippen LogP contribution >= 0.6 is 0 Å². The molecule has 0 spiro atoms. The van der Waals surface area contributed by atoms with Crippen LogP contribution in [0.25, 0.3) is 0 Å². The van der Waals surface area contributed by atoms with E-state index in [1.165, 1.54) is 25.3 Å². The van der Waals surface area contributed by atoms with Gasteiger partial charge in [0, 0.05) is 18.3 Å². The second kappa shape index (κ2) is 8.52. The number of rotatable bonds is 5. The molecule has 3 rings (SSSR count). The Morgan fingerprint density at radius 2 is 2.06 bits per heavy atom. The first-order chi connectivity index (χ1) is 14.5. The molecule has 2 aliphatic rings. The predicted octanol–water partition coefficient (Wildman–Crippen LogP) is 3.51. The van der Waals surface area contributed by atoms with Crippen LogP contribution in [0.1, 0.15) is 37.9 Å². The lowest BCUT2D eigenvalue weighted by molar-refractivity contribution is -0.140. The molecule has 0 bridgehead atoms. The summed E-state index contributed by atoms with van der Waals surface area (Å²) in [4.78, 5) is 31.1. The summed E-state index contributed by atoms with van der Waals surface area (Å²) < 4.78 is 58.4. The van der Waals surface area contributed by atoms with E-state index in [1.807, 2.05) is 6.92 Å². The van der Waals surface area contributed by atoms with Crippen LogP contribution in [0.5, 0.6) is 0 Å². The highest BCUT2D eigenvalue weighted by Gasteiger charge is 2.36. The summed E-state index contributed by atoms with van der Waals surface area (Å²) in [5.41, 5.74) is -1.53. The number of hydrogen-bond donors (Lipinski definition) is 1. The minimum absolute atomic E-state index is 0.0501. The number of amides is 1. The number of esters is 1. The number of carbonyl (C=O) groups excluding carboxylic acids is 2. The van der Waals surface area contributed by atoms with Crippen molar-refractivity contribution in [3.05, 3.63) is 58.6 Å². The molecular formula is C21H21F4N3O3. The summed E-state index contributed by atoms with van der Waals surface area (Å²) >= 11 is 0. The molecule has 0 fully saturated rings. The van der Waals surface area contributed by atoms with Crippen molar-refractivity contribution in [1.82, 2.24) is 10.2 Å². The Morgan fingerprint density at radius 1 is 1.35 bits per heavy atom. The zero-order valence-corrected chi connectivity index (χ0v) is 17.1. The summed E-state index contributed by atoms with van der Waals surface area (Å²) in [6.07, 6.45) is -2.01. The molecule has 1 amide bonds. The maximum Gasteiger partial charge on any atom is 0.419 e. The van der Waals surface area contributed by atoms with Crippen LogP contribution in [0.3, 0.4) is 0 Å². The van der Waals surface area contributed by atoms with E-state index < -0.39 is 35.5 Å². The Labute approximate surface area is 176 Å². The molecule has 166 valence electrons. The van der Waals surface area contributed by atoms with E-state index in [1.54, 1.807) is 11.8 Å². The minimum atomic E-state index is -4.86. The lowest BCUT2D eigenvalue weighted by Gasteiger charge is -2.24. The predicted molar refractivity (Wildman–Crippen MR) is 104 cm³/mol. The summed E-state index contributed by atoms with van der Waals surface area (Å²) in [7, 11) is 0. The van der Waals surface area contributed by atoms with Gasteiger partial charge in [-0.2, -0.15) is 13.2 Å². The topological polar surface area (TPSA) is 71.0 Å². The number of aliphatic imine (C=N–C) groups is 1. The van der Waals surface area contributed by atoms with E-state index in [0.29, 0.717) is 18.4 Å². The van der Waals surface area contributed by atoms with Crippen molar-refractivity contribution in [3.8, 4) is 0 Å². The number of benzene rings is 1. The van der Waals surface area contributed by atoms with Crippen molar-refractivity contribution in [2.75, 3.05) is 13.2 Å². The third-order valence-electron chi connectivity index (χ3n) is 4.82. The van der Waals surface area contributed by atoms with Crippen LogP contribution in [-0.4, -0.2) is 41.8 Å². The zero-order chi connectivity index (χ0) is 22.9. The maximum atomic E-state index is 14.4. The van der Waals surface area contributed by atoms with Crippen LogP contribution in [0.2, 0.25) is 0 Å². The van der Waals surface area contributed by atoms with Crippen LogP contribution in [0.15, 0.2) is 46.6 Å². The molecule has 2 aliphatic heterocycles. The fourth-order valence-corrected chi connectivity index (χ4v) is 3.41. The monoisotopic (exact) mass is 439 g/mol. The number of amidine groups is 1. The van der Waals surface area contributed by atoms with Gasteiger partial charge in [0.1, 0.15) is 11.7 Å². The number of fused-ring (bicyclic) bond motifs is 1. The molecule has 0 aliphatic carbocycles. The SMILES string of the molecule is CCOC(=O)C1=CN2C[C@@H](C)N=C2C(C(=O)N[C@H](C)c2cccc(C(F)(F)F)c2F)=C1. The first-order valence-electron chi connectivity index (χ1n) is 9.64. The summed E-state index contributed by atoms with van der Waals surface area (Å²) in [6.45, 7) is 5.45. The van der Waals surface area contributed by atoms with E-state index in [9.17, 15) is 27.2 Å². The average Bonchev–Trinajstić information content (AvgIpc) is 3.06. The molecule has 1 aromatic carbocycles. The summed E-state index contributed by atoms with van der Waals surface area (Å²) in [6, 6.07) is 1.69. The van der Waals surface area contributed by atoms with Crippen molar-refractivity contribution in [3.63, 3.8) is 0 Å². The number of nitrogens with one attached hydrogen (secondary N) is 1. The van der Waals surface area contributed by atoms with Gasteiger partial charge in [0.05, 0.1) is 35.4 Å². The maximum absolute atomic E-state index is 14.4. The van der Waals surface area contributed by atoms with Crippen LogP contribution in [0, 0.1) is 5.82 Å². The van der Waals surface area contributed by atoms with Gasteiger partial charge < -0.3 is 15.0 Å². The summed E-state index contributed by atoms with van der Waals surface area (Å²) in [5, 5.41) is 2.50. The standard InChI is InChI=1S/C21H21F4N3O3/c1-4-31-20(30)13-8-15(18-26-11(2)9-28(18)10-13)19(29)27-12(3)14-6-5-7-16(17(14)22)21(23,24)25/h5-8,10-12H,4,9H2,1-3H3,(H,27,29)/t11-,12-/m1/s1. The molecular weight excluding hydrogens is 418 g/mol. The quantitative estimate of drug-likeness (QED) is 0.563. The highest BCUT2D eigenvalue weighted by molar-refractivity contribution is 6.23. The smallest absolute Gasteiger partial charge is 0.419 e. The highest BCUT2D eigenvalue weighted by atomic mass is 19.4. The van der Waals surface area contributed by atoms with Gasteiger partial charge in [-0.25, -0.2) is 9.18 Å². The fourth-order valence-electron chi connectivity index (χ4n) is 3.41. The molecule has 0 unspecified atom stereocenters. The van der Waals surface area contributed by atoms with E-state index in [2.05, 4.69) is 10.3 Å². The van der Waals surface area contributed by atoms with Gasteiger partial charge in [-0.05, 0) is 32.9 Å². The third kappa shape index (κ3) is 4.62. The van der Waals surface area contributed by atoms with E-state index in [-0.39, 0.29) is 29.4 Å². The number of ether oxygens (including phenoxy) is 1. The molecule has 0 aromatic heterocycles. The number of hydrogen-bond acceptors (Lipinski definition) is 5. The number of alkyl halides is 3. The number of carbonyl (C=O) groups is 2. The van der Waals surface area contributed by atoms with Crippen molar-refractivity contribution < 1.29 is 31.9 Å². The van der Waals surface area contributed by atoms with Crippen LogP contribution in [0.4, 0.5) is 17.6 Å². The fraction of sp³-hybridized carbons (Fsp3) is 0.381. The summed E-state index contributed by atoms with van der Waals surface area (Å²) in [5.74, 6) is -2.43. The molecule has 2 atom stereocenters. The molecule has 1 aromatic rings. The molecule has 31 heavy (non-hydrogen) atoms. The zero-order valence-electron chi connectivity index (χ0n) is 17.1. The Hall–Kier alpha value is -3.17. The average molecular weight is 439 g/mol. The van der Waals surface area contributed by atoms with Crippen LogP contribution in [-0.2, 0) is 20.5 Å². The first-order valence-corrected chi connectivity index (χ1v) is 9.64. The van der Waals surface area contributed by atoms with Crippen LogP contribution < -0.4 is 5.32 Å². The number of halogens is 4. The van der Waals surface area contributed by atoms with E-state index in [0.717, 1.165) is 6.07 Å². The number of nitrogens with zero attached hydrogens (tertiary/aromatic N) is 2. The van der Waals surface area contributed by atoms with Gasteiger partial charge in [0.15, 0.2) is 0 Å². The Bertz CT molecular complexity index is 998. The van der Waals surface area contributed by atoms with E-state index in [4.69, 9.17) is 4.74 Å². The Balaban J connectivity index is 1.89. The van der Waals surface area contributed by atoms with Crippen molar-refractivity contribution in [2.45, 2.75) is 39.0 Å². The van der Waals surface area contributed by atoms with Crippen molar-refractivity contribution >= 4 is 17.7 Å². The normalized spacial score (nSPS) is 19.1. The Kier molecular flexibility index (Phi) is 6.19. The first kappa shape index (κ1) is 22.5. The molecule has 0 saturated carbocycles. The van der Waals surface area contributed by atoms with Crippen molar-refractivity contribution in [1.29, 1.82) is 0 Å². The second-order valence-corrected chi connectivity index (χ2v) is 7.22. The minimum Gasteiger partial charge on any atom is -0.462 e. The van der Waals surface area contributed by atoms with Crippen molar-refractivity contribution in [2.24, 2.45) is 4.99 Å². The largest absolute Gasteiger partial charge is 0.462 e. The molecule has 1 N–H and O–H groups in total. The molecule has 10 heteroatoms. The second-order valence-electron chi connectivity index (χ2n) is 7.22. The van der Waals surface area contributed by atoms with Gasteiger partial charge in [-0.1, -0.05) is 12.1 Å². The molecule has 6 nitrogen and oxygen atoms in total. The molecule has 2 heterocycles. The van der Waals surface area contributed by atoms with Gasteiger partial charge in [-0.15, -0.1) is 0 Å². The molecule has 0 radical (unpaired) electrons. The Morgan fingerprint density at radius 3 is 2.71 bits per heavy atom. The van der Waals surface area contributed by atoms with E-state index >= 15 is 0 Å². The highest BCUT2D eigenvalue weighted by Crippen LogP contribution is 2.34. The molecule has 0 saturated heterocycles. The lowest BCUT2D eigenvalue weighted by Crippen LogP contribution is -2.37. The third-order valence-corrected chi connectivity index (χ3v) is 4.82. The lowest BCUT2D eigenvalue weighted by atomic mass is 10.0.